The monoisotopic (exact) mass is 599 g/mol. The minimum absolute atomic E-state index is 0.0365. The molecule has 0 aliphatic carbocycles. The van der Waals surface area contributed by atoms with Crippen molar-refractivity contribution in [2.24, 2.45) is 0 Å². The average molecular weight is 601 g/mol. The zero-order valence-electron chi connectivity index (χ0n) is 19.6. The first-order valence-corrected chi connectivity index (χ1v) is 14.3. The first-order valence-electron chi connectivity index (χ1n) is 11.6. The summed E-state index contributed by atoms with van der Waals surface area (Å²) in [6.45, 7) is 0.594. The molecular weight excluding hydrogens is 578 g/mol. The fourth-order valence-corrected chi connectivity index (χ4v) is 6.39. The second kappa shape index (κ2) is 10.7. The largest absolute Gasteiger partial charge is 0.332 e. The van der Waals surface area contributed by atoms with Crippen molar-refractivity contribution in [2.45, 2.75) is 30.3 Å². The maximum absolute atomic E-state index is 13.7. The number of benzene rings is 3. The van der Waals surface area contributed by atoms with E-state index < -0.39 is 10.0 Å². The van der Waals surface area contributed by atoms with Gasteiger partial charge in [0.05, 0.1) is 40.6 Å². The molecular formula is C26H23BrClN5O3S. The molecule has 11 heteroatoms. The van der Waals surface area contributed by atoms with Crippen molar-refractivity contribution in [2.75, 3.05) is 6.54 Å². The second-order valence-electron chi connectivity index (χ2n) is 8.67. The lowest BCUT2D eigenvalue weighted by atomic mass is 10.0. The number of aromatic nitrogens is 3. The predicted octanol–water partition coefficient (Wildman–Crippen LogP) is 5.14. The van der Waals surface area contributed by atoms with E-state index in [9.17, 15) is 13.2 Å². The van der Waals surface area contributed by atoms with Gasteiger partial charge in [-0.05, 0) is 60.9 Å². The molecule has 1 atom stereocenters. The molecule has 37 heavy (non-hydrogen) atoms. The number of halogens is 2. The fraction of sp³-hybridized carbons (Fsp3) is 0.192. The maximum Gasteiger partial charge on any atom is 0.256 e. The number of rotatable bonds is 7. The zero-order valence-corrected chi connectivity index (χ0v) is 22.7. The number of amides is 1. The van der Waals surface area contributed by atoms with Gasteiger partial charge in [-0.2, -0.15) is 0 Å². The van der Waals surface area contributed by atoms with Gasteiger partial charge in [-0.15, -0.1) is 5.10 Å². The molecule has 1 aliphatic rings. The Morgan fingerprint density at radius 2 is 1.84 bits per heavy atom. The quantitative estimate of drug-likeness (QED) is 0.317. The van der Waals surface area contributed by atoms with Crippen LogP contribution in [0, 0.1) is 0 Å². The van der Waals surface area contributed by atoms with Crippen LogP contribution in [-0.2, 0) is 16.6 Å². The van der Waals surface area contributed by atoms with Crippen LogP contribution in [0.1, 0.15) is 40.5 Å². The molecule has 0 bridgehead atoms. The van der Waals surface area contributed by atoms with E-state index in [0.29, 0.717) is 28.5 Å². The molecule has 8 nitrogen and oxygen atoms in total. The van der Waals surface area contributed by atoms with Crippen molar-refractivity contribution < 1.29 is 13.2 Å². The van der Waals surface area contributed by atoms with E-state index in [1.54, 1.807) is 36.5 Å². The highest BCUT2D eigenvalue weighted by Gasteiger charge is 2.32. The normalized spacial score (nSPS) is 15.7. The molecule has 1 unspecified atom stereocenters. The summed E-state index contributed by atoms with van der Waals surface area (Å²) in [5, 5.41) is 8.89. The first-order chi connectivity index (χ1) is 17.8. The molecule has 1 aliphatic heterocycles. The van der Waals surface area contributed by atoms with E-state index in [1.807, 2.05) is 35.2 Å². The van der Waals surface area contributed by atoms with Gasteiger partial charge in [0.25, 0.3) is 5.91 Å². The van der Waals surface area contributed by atoms with Gasteiger partial charge < -0.3 is 4.90 Å². The summed E-state index contributed by atoms with van der Waals surface area (Å²) in [5.41, 5.74) is 2.45. The van der Waals surface area contributed by atoms with Crippen LogP contribution in [0.5, 0.6) is 0 Å². The minimum Gasteiger partial charge on any atom is -0.332 e. The fourth-order valence-electron chi connectivity index (χ4n) is 4.48. The highest BCUT2D eigenvalue weighted by atomic mass is 79.9. The lowest BCUT2D eigenvalue weighted by Gasteiger charge is -2.26. The number of nitrogens with zero attached hydrogens (tertiary/aromatic N) is 4. The Balaban J connectivity index is 1.37. The third-order valence-corrected chi connectivity index (χ3v) is 8.30. The van der Waals surface area contributed by atoms with Crippen LogP contribution in [0.25, 0.3) is 5.69 Å². The van der Waals surface area contributed by atoms with Gasteiger partial charge in [-0.3, -0.25) is 4.79 Å². The standard InChI is InChI=1S/C26H23BrClN5O3S/c27-19-13-18(14-20(28)15-19)24-11-6-12-32(24)26(34)23-9-4-5-10-25(23)33-17-21(30-31-33)16-29-37(35,36)22-7-2-1-3-8-22/h1-5,7-10,13-15,17,24,29H,6,11-12,16H2. The van der Waals surface area contributed by atoms with E-state index >= 15 is 0 Å². The Hall–Kier alpha value is -3.05. The molecule has 1 fully saturated rings. The van der Waals surface area contributed by atoms with Crippen LogP contribution in [0.15, 0.2) is 88.4 Å². The highest BCUT2D eigenvalue weighted by Crippen LogP contribution is 2.36. The Labute approximate surface area is 228 Å². The smallest absolute Gasteiger partial charge is 0.256 e. The van der Waals surface area contributed by atoms with Gasteiger partial charge in [0.2, 0.25) is 10.0 Å². The molecule has 2 heterocycles. The number of carbonyl (C=O) groups excluding carboxylic acids is 1. The van der Waals surface area contributed by atoms with Crippen LogP contribution >= 0.6 is 27.5 Å². The van der Waals surface area contributed by atoms with Crippen LogP contribution in [0.4, 0.5) is 0 Å². The first kappa shape index (κ1) is 25.6. The number of para-hydroxylation sites is 1. The minimum atomic E-state index is -3.69. The van der Waals surface area contributed by atoms with E-state index in [-0.39, 0.29) is 23.4 Å². The van der Waals surface area contributed by atoms with E-state index in [2.05, 4.69) is 31.0 Å². The van der Waals surface area contributed by atoms with Crippen molar-refractivity contribution in [1.29, 1.82) is 0 Å². The van der Waals surface area contributed by atoms with E-state index in [0.717, 1.165) is 22.9 Å². The topological polar surface area (TPSA) is 97.2 Å². The molecule has 0 radical (unpaired) electrons. The summed E-state index contributed by atoms with van der Waals surface area (Å²) in [5.74, 6) is -0.115. The molecule has 1 amide bonds. The molecule has 0 saturated carbocycles. The third kappa shape index (κ3) is 5.62. The van der Waals surface area contributed by atoms with Gasteiger partial charge in [0.15, 0.2) is 0 Å². The van der Waals surface area contributed by atoms with Crippen LogP contribution in [0.3, 0.4) is 0 Å². The summed E-state index contributed by atoms with van der Waals surface area (Å²) in [7, 11) is -3.69. The Bertz CT molecular complexity index is 1520. The Kier molecular flexibility index (Phi) is 7.43. The van der Waals surface area contributed by atoms with Crippen molar-refractivity contribution in [1.82, 2.24) is 24.6 Å². The lowest BCUT2D eigenvalue weighted by molar-refractivity contribution is 0.0735. The van der Waals surface area contributed by atoms with E-state index in [4.69, 9.17) is 11.6 Å². The molecule has 4 aromatic rings. The van der Waals surface area contributed by atoms with Crippen molar-refractivity contribution >= 4 is 43.5 Å². The molecule has 1 saturated heterocycles. The maximum atomic E-state index is 13.7. The second-order valence-corrected chi connectivity index (χ2v) is 11.8. The Morgan fingerprint density at radius 1 is 1.08 bits per heavy atom. The third-order valence-electron chi connectivity index (χ3n) is 6.20. The summed E-state index contributed by atoms with van der Waals surface area (Å²) >= 11 is 9.77. The summed E-state index contributed by atoms with van der Waals surface area (Å²) in [4.78, 5) is 15.8. The number of hydrogen-bond donors (Lipinski definition) is 1. The summed E-state index contributed by atoms with van der Waals surface area (Å²) in [6.07, 6.45) is 3.35. The van der Waals surface area contributed by atoms with Crippen molar-refractivity contribution in [3.63, 3.8) is 0 Å². The van der Waals surface area contributed by atoms with E-state index in [1.165, 1.54) is 16.8 Å². The lowest BCUT2D eigenvalue weighted by Crippen LogP contribution is -2.31. The van der Waals surface area contributed by atoms with Gasteiger partial charge in [0, 0.05) is 16.0 Å². The molecule has 0 spiro atoms. The number of likely N-dealkylation sites (tertiary alicyclic amines) is 1. The molecule has 1 N–H and O–H groups in total. The highest BCUT2D eigenvalue weighted by molar-refractivity contribution is 9.10. The number of sulfonamides is 1. The van der Waals surface area contributed by atoms with Crippen molar-refractivity contribution in [3.8, 4) is 5.69 Å². The van der Waals surface area contributed by atoms with Crippen molar-refractivity contribution in [3.05, 3.63) is 105 Å². The predicted molar refractivity (Wildman–Crippen MR) is 144 cm³/mol. The Morgan fingerprint density at radius 3 is 2.62 bits per heavy atom. The van der Waals surface area contributed by atoms with Gasteiger partial charge in [-0.25, -0.2) is 17.8 Å². The summed E-state index contributed by atoms with van der Waals surface area (Å²) < 4.78 is 30.0. The SMILES string of the molecule is O=C(c1ccccc1-n1cc(CNS(=O)(=O)c2ccccc2)nn1)N1CCCC1c1cc(Cl)cc(Br)c1. The number of nitrogens with one attached hydrogen (secondary N) is 1. The number of carbonyl (C=O) groups is 1. The van der Waals surface area contributed by atoms with Crippen LogP contribution < -0.4 is 4.72 Å². The number of hydrogen-bond acceptors (Lipinski definition) is 5. The molecule has 190 valence electrons. The molecule has 1 aromatic heterocycles. The van der Waals surface area contributed by atoms with Crippen LogP contribution in [-0.4, -0.2) is 40.8 Å². The molecule has 3 aromatic carbocycles. The van der Waals surface area contributed by atoms with Gasteiger partial charge in [-0.1, -0.05) is 63.1 Å². The average Bonchev–Trinajstić information content (AvgIpc) is 3.57. The van der Waals surface area contributed by atoms with Crippen LogP contribution in [0.2, 0.25) is 5.02 Å². The molecule has 5 rings (SSSR count). The van der Waals surface area contributed by atoms with Gasteiger partial charge in [0.1, 0.15) is 0 Å². The summed E-state index contributed by atoms with van der Waals surface area (Å²) in [6, 6.07) is 20.9. The van der Waals surface area contributed by atoms with Gasteiger partial charge >= 0.3 is 0 Å². The zero-order chi connectivity index (χ0) is 26.0.